The summed E-state index contributed by atoms with van der Waals surface area (Å²) in [6, 6.07) is 0. The third kappa shape index (κ3) is 5.12. The van der Waals surface area contributed by atoms with E-state index in [4.69, 9.17) is 9.84 Å². The van der Waals surface area contributed by atoms with Crippen LogP contribution >= 0.6 is 9.39 Å². The Morgan fingerprint density at radius 2 is 2.30 bits per heavy atom. The summed E-state index contributed by atoms with van der Waals surface area (Å²) in [5, 5.41) is 8.75. The molecule has 4 heteroatoms. The average Bonchev–Trinajstić information content (AvgIpc) is 1.86. The summed E-state index contributed by atoms with van der Waals surface area (Å²) in [5.74, 6) is 0. The molecule has 0 saturated carbocycles. The summed E-state index contributed by atoms with van der Waals surface area (Å²) in [4.78, 5) is 0. The van der Waals surface area contributed by atoms with Crippen LogP contribution in [0.3, 0.4) is 0 Å². The second kappa shape index (κ2) is 6.05. The Bertz CT molecular complexity index is 80.1. The molecule has 0 amide bonds. The van der Waals surface area contributed by atoms with Crippen molar-refractivity contribution in [1.82, 2.24) is 4.67 Å². The van der Waals surface area contributed by atoms with E-state index in [2.05, 4.69) is 9.39 Å². The van der Waals surface area contributed by atoms with E-state index in [-0.39, 0.29) is 12.7 Å². The van der Waals surface area contributed by atoms with Crippen LogP contribution in [0.25, 0.3) is 0 Å². The van der Waals surface area contributed by atoms with Gasteiger partial charge in [-0.05, 0) is 14.0 Å². The van der Waals surface area contributed by atoms with Crippen molar-refractivity contribution in [2.45, 2.75) is 13.0 Å². The maximum atomic E-state index is 8.75. The van der Waals surface area contributed by atoms with Crippen LogP contribution in [0.1, 0.15) is 6.92 Å². The molecule has 0 fully saturated rings. The van der Waals surface area contributed by atoms with Crippen molar-refractivity contribution >= 4 is 9.39 Å². The molecular weight excluding hydrogens is 149 g/mol. The van der Waals surface area contributed by atoms with Gasteiger partial charge in [0.15, 0.2) is 0 Å². The number of hydrogen-bond acceptors (Lipinski definition) is 3. The highest BCUT2D eigenvalue weighted by Gasteiger charge is 2.06. The highest BCUT2D eigenvalue weighted by molar-refractivity contribution is 7.13. The maximum Gasteiger partial charge on any atom is 0.0935 e. The Hall–Kier alpha value is 0.310. The zero-order valence-electron chi connectivity index (χ0n) is 6.58. The Kier molecular flexibility index (Phi) is 6.24. The van der Waals surface area contributed by atoms with Gasteiger partial charge >= 0.3 is 0 Å². The summed E-state index contributed by atoms with van der Waals surface area (Å²) in [5.41, 5.74) is 0. The number of hydrogen-bond donors (Lipinski definition) is 1. The SMILES string of the molecule is CCOC(CO)CN(C)P. The fourth-order valence-electron chi connectivity index (χ4n) is 0.720. The average molecular weight is 165 g/mol. The van der Waals surface area contributed by atoms with Gasteiger partial charge in [0, 0.05) is 13.2 Å². The molecule has 0 rings (SSSR count). The molecule has 0 aromatic rings. The monoisotopic (exact) mass is 165 g/mol. The lowest BCUT2D eigenvalue weighted by Gasteiger charge is -2.18. The van der Waals surface area contributed by atoms with Crippen LogP contribution in [0.5, 0.6) is 0 Å². The lowest BCUT2D eigenvalue weighted by molar-refractivity contribution is 0.0133. The Morgan fingerprint density at radius 1 is 1.70 bits per heavy atom. The zero-order chi connectivity index (χ0) is 7.98. The van der Waals surface area contributed by atoms with Crippen molar-refractivity contribution < 1.29 is 9.84 Å². The Balaban J connectivity index is 3.39. The molecule has 0 aromatic carbocycles. The van der Waals surface area contributed by atoms with E-state index < -0.39 is 0 Å². The van der Waals surface area contributed by atoms with Gasteiger partial charge in [0.05, 0.1) is 12.7 Å². The van der Waals surface area contributed by atoms with Gasteiger partial charge in [-0.3, -0.25) is 4.67 Å². The van der Waals surface area contributed by atoms with E-state index in [0.717, 1.165) is 6.54 Å². The molecule has 0 aromatic heterocycles. The molecule has 10 heavy (non-hydrogen) atoms. The van der Waals surface area contributed by atoms with Crippen molar-refractivity contribution in [2.24, 2.45) is 0 Å². The van der Waals surface area contributed by atoms with Gasteiger partial charge in [0.25, 0.3) is 0 Å². The van der Waals surface area contributed by atoms with Crippen molar-refractivity contribution in [3.05, 3.63) is 0 Å². The molecule has 62 valence electrons. The van der Waals surface area contributed by atoms with Crippen LogP contribution in [0, 0.1) is 0 Å². The van der Waals surface area contributed by atoms with Crippen LogP contribution in [0.2, 0.25) is 0 Å². The van der Waals surface area contributed by atoms with Crippen molar-refractivity contribution in [3.8, 4) is 0 Å². The molecule has 0 spiro atoms. The smallest absolute Gasteiger partial charge is 0.0935 e. The van der Waals surface area contributed by atoms with Crippen LogP contribution in [-0.4, -0.2) is 42.7 Å². The van der Waals surface area contributed by atoms with E-state index in [9.17, 15) is 0 Å². The highest BCUT2D eigenvalue weighted by Crippen LogP contribution is 1.98. The lowest BCUT2D eigenvalue weighted by Crippen LogP contribution is -2.28. The molecule has 0 aliphatic carbocycles. The molecule has 0 aliphatic heterocycles. The number of likely N-dealkylation sites (N-methyl/N-ethyl adjacent to an activating group) is 1. The molecule has 0 saturated heterocycles. The van der Waals surface area contributed by atoms with Crippen LogP contribution in [0.15, 0.2) is 0 Å². The summed E-state index contributed by atoms with van der Waals surface area (Å²) >= 11 is 0. The van der Waals surface area contributed by atoms with E-state index in [1.165, 1.54) is 0 Å². The number of aliphatic hydroxyl groups is 1. The fourth-order valence-corrected chi connectivity index (χ4v) is 0.955. The molecular formula is C6H16NO2P. The van der Waals surface area contributed by atoms with Gasteiger partial charge in [-0.15, -0.1) is 0 Å². The predicted octanol–water partition coefficient (Wildman–Crippen LogP) is 0.106. The van der Waals surface area contributed by atoms with Gasteiger partial charge in [-0.2, -0.15) is 0 Å². The largest absolute Gasteiger partial charge is 0.394 e. The fraction of sp³-hybridized carbons (Fsp3) is 1.00. The molecule has 2 atom stereocenters. The Labute approximate surface area is 64.6 Å². The van der Waals surface area contributed by atoms with Gasteiger partial charge in [-0.1, -0.05) is 9.39 Å². The van der Waals surface area contributed by atoms with E-state index >= 15 is 0 Å². The topological polar surface area (TPSA) is 32.7 Å². The molecule has 0 aliphatic rings. The third-order valence-electron chi connectivity index (χ3n) is 1.10. The molecule has 0 radical (unpaired) electrons. The van der Waals surface area contributed by atoms with Gasteiger partial charge in [0.1, 0.15) is 0 Å². The van der Waals surface area contributed by atoms with Gasteiger partial charge in [0.2, 0.25) is 0 Å². The van der Waals surface area contributed by atoms with E-state index in [0.29, 0.717) is 6.61 Å². The zero-order valence-corrected chi connectivity index (χ0v) is 7.73. The Morgan fingerprint density at radius 3 is 2.60 bits per heavy atom. The first kappa shape index (κ1) is 10.3. The number of rotatable bonds is 5. The lowest BCUT2D eigenvalue weighted by atomic mass is 10.4. The van der Waals surface area contributed by atoms with Gasteiger partial charge in [-0.25, -0.2) is 0 Å². The first-order valence-electron chi connectivity index (χ1n) is 3.39. The second-order valence-corrected chi connectivity index (χ2v) is 3.08. The minimum Gasteiger partial charge on any atom is -0.394 e. The quantitative estimate of drug-likeness (QED) is 0.587. The minimum atomic E-state index is -0.0486. The molecule has 2 unspecified atom stereocenters. The predicted molar refractivity (Wildman–Crippen MR) is 44.8 cm³/mol. The van der Waals surface area contributed by atoms with Crippen molar-refractivity contribution in [1.29, 1.82) is 0 Å². The maximum absolute atomic E-state index is 8.75. The molecule has 3 nitrogen and oxygen atoms in total. The summed E-state index contributed by atoms with van der Waals surface area (Å²) in [7, 11) is 4.45. The van der Waals surface area contributed by atoms with Crippen molar-refractivity contribution in [3.63, 3.8) is 0 Å². The second-order valence-electron chi connectivity index (χ2n) is 2.20. The number of aliphatic hydroxyl groups excluding tert-OH is 1. The number of ether oxygens (including phenoxy) is 1. The first-order valence-corrected chi connectivity index (χ1v) is 3.90. The molecule has 0 bridgehead atoms. The van der Waals surface area contributed by atoms with Crippen LogP contribution < -0.4 is 0 Å². The van der Waals surface area contributed by atoms with Crippen molar-refractivity contribution in [2.75, 3.05) is 26.8 Å². The third-order valence-corrected chi connectivity index (χ3v) is 1.31. The first-order chi connectivity index (χ1) is 4.70. The minimum absolute atomic E-state index is 0.0486. The summed E-state index contributed by atoms with van der Waals surface area (Å²) in [6.07, 6.45) is -0.0486. The van der Waals surface area contributed by atoms with Gasteiger partial charge < -0.3 is 9.84 Å². The van der Waals surface area contributed by atoms with Crippen LogP contribution in [0.4, 0.5) is 0 Å². The molecule has 1 N–H and O–H groups in total. The van der Waals surface area contributed by atoms with Crippen LogP contribution in [-0.2, 0) is 4.74 Å². The standard InChI is InChI=1S/C6H16NO2P/c1-3-9-6(5-8)4-7(2)10/h6,8H,3-5,10H2,1-2H3. The highest BCUT2D eigenvalue weighted by atomic mass is 31.0. The number of nitrogens with zero attached hydrogens (tertiary/aromatic N) is 1. The molecule has 0 heterocycles. The summed E-state index contributed by atoms with van der Waals surface area (Å²) in [6.45, 7) is 3.41. The normalized spacial score (nSPS) is 14.1. The van der Waals surface area contributed by atoms with E-state index in [1.54, 1.807) is 0 Å². The summed E-state index contributed by atoms with van der Waals surface area (Å²) < 4.78 is 7.11. The van der Waals surface area contributed by atoms with E-state index in [1.807, 2.05) is 18.6 Å².